The van der Waals surface area contributed by atoms with Crippen LogP contribution in [0.15, 0.2) is 6.20 Å². The average Bonchev–Trinajstić information content (AvgIpc) is 2.97. The van der Waals surface area contributed by atoms with Gasteiger partial charge in [-0.1, -0.05) is 26.2 Å². The van der Waals surface area contributed by atoms with Crippen molar-refractivity contribution in [1.82, 2.24) is 15.5 Å². The molecule has 0 spiro atoms. The van der Waals surface area contributed by atoms with Crippen LogP contribution in [-0.2, 0) is 9.84 Å². The van der Waals surface area contributed by atoms with E-state index in [9.17, 15) is 13.2 Å². The number of carbonyl (C=O) groups is 1. The van der Waals surface area contributed by atoms with Crippen molar-refractivity contribution in [3.05, 3.63) is 17.5 Å². The van der Waals surface area contributed by atoms with Gasteiger partial charge in [0.2, 0.25) is 0 Å². The number of carbonyl (C=O) groups excluding carboxylic acids is 1. The maximum atomic E-state index is 12.2. The molecule has 6 nitrogen and oxygen atoms in total. The third kappa shape index (κ3) is 4.30. The van der Waals surface area contributed by atoms with Crippen LogP contribution in [0.3, 0.4) is 0 Å². The van der Waals surface area contributed by atoms with Gasteiger partial charge in [-0.05, 0) is 12.8 Å². The highest BCUT2D eigenvalue weighted by atomic mass is 32.2. The van der Waals surface area contributed by atoms with Gasteiger partial charge in [0.25, 0.3) is 5.91 Å². The molecule has 1 fully saturated rings. The minimum absolute atomic E-state index is 0.0220. The first-order chi connectivity index (χ1) is 10.0. The summed E-state index contributed by atoms with van der Waals surface area (Å²) >= 11 is 0. The average molecular weight is 313 g/mol. The van der Waals surface area contributed by atoms with E-state index < -0.39 is 9.84 Å². The summed E-state index contributed by atoms with van der Waals surface area (Å²) in [4.78, 5) is 12.2. The Balaban J connectivity index is 1.95. The molecule has 0 bridgehead atoms. The van der Waals surface area contributed by atoms with Gasteiger partial charge < -0.3 is 5.32 Å². The molecule has 118 valence electrons. The summed E-state index contributed by atoms with van der Waals surface area (Å²) in [5, 5.41) is 9.61. The van der Waals surface area contributed by atoms with Crippen LogP contribution in [0.25, 0.3) is 0 Å². The van der Waals surface area contributed by atoms with Crippen LogP contribution in [0, 0.1) is 0 Å². The molecule has 21 heavy (non-hydrogen) atoms. The van der Waals surface area contributed by atoms with Crippen molar-refractivity contribution < 1.29 is 13.2 Å². The predicted molar refractivity (Wildman–Crippen MR) is 81.1 cm³/mol. The fourth-order valence-electron chi connectivity index (χ4n) is 2.74. The van der Waals surface area contributed by atoms with Gasteiger partial charge in [-0.15, -0.1) is 0 Å². The molecular weight excluding hydrogens is 290 g/mol. The Kier molecular flexibility index (Phi) is 5.39. The molecule has 1 heterocycles. The first-order valence-electron chi connectivity index (χ1n) is 7.55. The number of aromatic amines is 1. The van der Waals surface area contributed by atoms with Crippen LogP contribution in [0.2, 0.25) is 0 Å². The lowest BCUT2D eigenvalue weighted by atomic mass is 9.85. The number of sulfone groups is 1. The standard InChI is InChI=1S/C14H23N3O3S/c1-2-21(19,20)9-8-15-14(18)12-10-16-17-13(12)11-6-4-3-5-7-11/h10-11H,2-9H2,1H3,(H,15,18)(H,16,17). The van der Waals surface area contributed by atoms with Gasteiger partial charge in [-0.25, -0.2) is 8.42 Å². The molecule has 2 N–H and O–H groups in total. The molecule has 0 aliphatic heterocycles. The second-order valence-corrected chi connectivity index (χ2v) is 8.00. The molecule has 7 heteroatoms. The zero-order valence-electron chi connectivity index (χ0n) is 12.4. The number of nitrogens with one attached hydrogen (secondary N) is 2. The third-order valence-electron chi connectivity index (χ3n) is 4.07. The molecule has 1 aliphatic rings. The Bertz CT molecular complexity index is 574. The second-order valence-electron chi connectivity index (χ2n) is 5.52. The van der Waals surface area contributed by atoms with Crippen molar-refractivity contribution in [3.8, 4) is 0 Å². The van der Waals surface area contributed by atoms with E-state index in [1.54, 1.807) is 6.92 Å². The monoisotopic (exact) mass is 313 g/mol. The van der Waals surface area contributed by atoms with Crippen LogP contribution in [0.4, 0.5) is 0 Å². The summed E-state index contributed by atoms with van der Waals surface area (Å²) in [6.45, 7) is 1.75. The summed E-state index contributed by atoms with van der Waals surface area (Å²) in [6, 6.07) is 0. The van der Waals surface area contributed by atoms with Crippen LogP contribution >= 0.6 is 0 Å². The summed E-state index contributed by atoms with van der Waals surface area (Å²) < 4.78 is 22.8. The second kappa shape index (κ2) is 7.06. The van der Waals surface area contributed by atoms with Crippen molar-refractivity contribution in [2.24, 2.45) is 0 Å². The van der Waals surface area contributed by atoms with Gasteiger partial charge in [0.05, 0.1) is 23.2 Å². The van der Waals surface area contributed by atoms with E-state index in [-0.39, 0.29) is 24.0 Å². The fraction of sp³-hybridized carbons (Fsp3) is 0.714. The van der Waals surface area contributed by atoms with E-state index in [4.69, 9.17) is 0 Å². The number of aromatic nitrogens is 2. The quantitative estimate of drug-likeness (QED) is 0.835. The van der Waals surface area contributed by atoms with Crippen molar-refractivity contribution in [2.45, 2.75) is 44.9 Å². The van der Waals surface area contributed by atoms with E-state index in [1.165, 1.54) is 25.5 Å². The molecule has 0 saturated heterocycles. The zero-order chi connectivity index (χ0) is 15.3. The van der Waals surface area contributed by atoms with Gasteiger partial charge in [0.1, 0.15) is 0 Å². The molecule has 2 rings (SSSR count). The Morgan fingerprint density at radius 3 is 2.76 bits per heavy atom. The van der Waals surface area contributed by atoms with Gasteiger partial charge in [0.15, 0.2) is 9.84 Å². The summed E-state index contributed by atoms with van der Waals surface area (Å²) in [6.07, 6.45) is 7.30. The first kappa shape index (κ1) is 16.0. The summed E-state index contributed by atoms with van der Waals surface area (Å²) in [7, 11) is -3.05. The molecular formula is C14H23N3O3S. The highest BCUT2D eigenvalue weighted by molar-refractivity contribution is 7.91. The van der Waals surface area contributed by atoms with E-state index in [0.717, 1.165) is 18.5 Å². The smallest absolute Gasteiger partial charge is 0.254 e. The van der Waals surface area contributed by atoms with Crippen LogP contribution in [0.1, 0.15) is 61.0 Å². The molecule has 1 aliphatic carbocycles. The molecule has 1 aromatic heterocycles. The number of amides is 1. The number of hydrogen-bond acceptors (Lipinski definition) is 4. The molecule has 1 amide bonds. The van der Waals surface area contributed by atoms with E-state index in [1.807, 2.05) is 0 Å². The number of H-pyrrole nitrogens is 1. The van der Waals surface area contributed by atoms with Crippen LogP contribution in [0.5, 0.6) is 0 Å². The zero-order valence-corrected chi connectivity index (χ0v) is 13.2. The van der Waals surface area contributed by atoms with Gasteiger partial charge >= 0.3 is 0 Å². The highest BCUT2D eigenvalue weighted by Gasteiger charge is 2.23. The molecule has 0 atom stereocenters. The highest BCUT2D eigenvalue weighted by Crippen LogP contribution is 2.32. The van der Waals surface area contributed by atoms with E-state index >= 15 is 0 Å². The molecule has 1 aromatic rings. The lowest BCUT2D eigenvalue weighted by molar-refractivity contribution is 0.0954. The third-order valence-corrected chi connectivity index (χ3v) is 5.77. The maximum absolute atomic E-state index is 12.2. The Labute approximate surface area is 125 Å². The van der Waals surface area contributed by atoms with Gasteiger partial charge in [-0.2, -0.15) is 5.10 Å². The predicted octanol–water partition coefficient (Wildman–Crippen LogP) is 1.62. The van der Waals surface area contributed by atoms with Crippen molar-refractivity contribution in [2.75, 3.05) is 18.1 Å². The number of rotatable bonds is 6. The van der Waals surface area contributed by atoms with E-state index in [0.29, 0.717) is 11.5 Å². The summed E-state index contributed by atoms with van der Waals surface area (Å²) in [5.41, 5.74) is 1.45. The van der Waals surface area contributed by atoms with Crippen molar-refractivity contribution in [3.63, 3.8) is 0 Å². The minimum Gasteiger partial charge on any atom is -0.351 e. The Hall–Kier alpha value is -1.37. The first-order valence-corrected chi connectivity index (χ1v) is 9.37. The van der Waals surface area contributed by atoms with Crippen molar-refractivity contribution in [1.29, 1.82) is 0 Å². The largest absolute Gasteiger partial charge is 0.351 e. The maximum Gasteiger partial charge on any atom is 0.254 e. The normalized spacial score (nSPS) is 16.8. The van der Waals surface area contributed by atoms with Crippen LogP contribution in [-0.4, -0.2) is 42.6 Å². The SMILES string of the molecule is CCS(=O)(=O)CCNC(=O)c1cn[nH]c1C1CCCCC1. The van der Waals surface area contributed by atoms with Gasteiger partial charge in [0, 0.05) is 18.2 Å². The lowest BCUT2D eigenvalue weighted by Crippen LogP contribution is -2.30. The van der Waals surface area contributed by atoms with E-state index in [2.05, 4.69) is 15.5 Å². The van der Waals surface area contributed by atoms with Crippen molar-refractivity contribution >= 4 is 15.7 Å². The lowest BCUT2D eigenvalue weighted by Gasteiger charge is -2.21. The molecule has 0 aromatic carbocycles. The molecule has 1 saturated carbocycles. The Morgan fingerprint density at radius 1 is 1.38 bits per heavy atom. The van der Waals surface area contributed by atoms with Gasteiger partial charge in [-0.3, -0.25) is 9.89 Å². The number of nitrogens with zero attached hydrogens (tertiary/aromatic N) is 1. The molecule has 0 radical (unpaired) electrons. The topological polar surface area (TPSA) is 91.9 Å². The summed E-state index contributed by atoms with van der Waals surface area (Å²) in [5.74, 6) is 0.199. The Morgan fingerprint density at radius 2 is 2.10 bits per heavy atom. The minimum atomic E-state index is -3.05. The fourth-order valence-corrected chi connectivity index (χ4v) is 3.44. The van der Waals surface area contributed by atoms with Crippen LogP contribution < -0.4 is 5.32 Å². The molecule has 0 unspecified atom stereocenters. The number of hydrogen-bond donors (Lipinski definition) is 2.